The van der Waals surface area contributed by atoms with Gasteiger partial charge in [0.15, 0.2) is 23.3 Å². The summed E-state index contributed by atoms with van der Waals surface area (Å²) >= 11 is 0. The molecule has 18 heavy (non-hydrogen) atoms. The van der Waals surface area contributed by atoms with Crippen LogP contribution in [0.2, 0.25) is 0 Å². The van der Waals surface area contributed by atoms with E-state index in [1.54, 1.807) is 0 Å². The minimum atomic E-state index is -1.61. The summed E-state index contributed by atoms with van der Waals surface area (Å²) in [5, 5.41) is 2.55. The molecule has 2 aromatic rings. The second-order valence-electron chi connectivity index (χ2n) is 3.39. The number of benzene rings is 1. The molecule has 0 spiro atoms. The monoisotopic (exact) mass is 257 g/mol. The maximum atomic E-state index is 13.5. The van der Waals surface area contributed by atoms with Crippen molar-refractivity contribution in [3.05, 3.63) is 41.6 Å². The van der Waals surface area contributed by atoms with Crippen LogP contribution in [0.1, 0.15) is 0 Å². The molecule has 0 saturated carbocycles. The van der Waals surface area contributed by atoms with Gasteiger partial charge in [0, 0.05) is 12.6 Å². The summed E-state index contributed by atoms with van der Waals surface area (Å²) in [5.41, 5.74) is -0.519. The van der Waals surface area contributed by atoms with Gasteiger partial charge in [0.25, 0.3) is 0 Å². The van der Waals surface area contributed by atoms with Crippen LogP contribution in [0, 0.1) is 23.3 Å². The summed E-state index contributed by atoms with van der Waals surface area (Å²) in [7, 11) is 1.50. The Morgan fingerprint density at radius 1 is 1.00 bits per heavy atom. The molecule has 2 rings (SSSR count). The van der Waals surface area contributed by atoms with Crippen molar-refractivity contribution in [2.45, 2.75) is 0 Å². The van der Waals surface area contributed by atoms with E-state index in [1.807, 2.05) is 0 Å². The van der Waals surface area contributed by atoms with Gasteiger partial charge in [0.05, 0.1) is 6.20 Å². The maximum Gasteiger partial charge on any atom is 0.223 e. The largest absolute Gasteiger partial charge is 0.357 e. The molecule has 0 aliphatic heterocycles. The quantitative estimate of drug-likeness (QED) is 0.664. The van der Waals surface area contributed by atoms with E-state index in [1.165, 1.54) is 7.05 Å². The van der Waals surface area contributed by atoms with Gasteiger partial charge in [-0.1, -0.05) is 0 Å². The maximum absolute atomic E-state index is 13.5. The molecule has 3 nitrogen and oxygen atoms in total. The van der Waals surface area contributed by atoms with E-state index in [0.717, 1.165) is 6.20 Å². The van der Waals surface area contributed by atoms with E-state index >= 15 is 0 Å². The van der Waals surface area contributed by atoms with Gasteiger partial charge < -0.3 is 5.32 Å². The first-order valence-electron chi connectivity index (χ1n) is 4.88. The second-order valence-corrected chi connectivity index (χ2v) is 3.39. The number of hydrogen-bond donors (Lipinski definition) is 1. The molecule has 0 aliphatic rings. The zero-order valence-corrected chi connectivity index (χ0v) is 9.14. The van der Waals surface area contributed by atoms with E-state index in [-0.39, 0.29) is 17.2 Å². The summed E-state index contributed by atoms with van der Waals surface area (Å²) in [6, 6.07) is 1.34. The van der Waals surface area contributed by atoms with Crippen LogP contribution in [-0.4, -0.2) is 17.0 Å². The van der Waals surface area contributed by atoms with Crippen molar-refractivity contribution in [1.29, 1.82) is 0 Å². The van der Waals surface area contributed by atoms with Crippen molar-refractivity contribution in [2.24, 2.45) is 0 Å². The molecule has 0 radical (unpaired) electrons. The Morgan fingerprint density at radius 2 is 1.61 bits per heavy atom. The molecule has 1 N–H and O–H groups in total. The van der Waals surface area contributed by atoms with Crippen molar-refractivity contribution in [3.63, 3.8) is 0 Å². The summed E-state index contributed by atoms with van der Waals surface area (Å²) in [6.07, 6.45) is 0.854. The molecule has 0 fully saturated rings. The van der Waals surface area contributed by atoms with Crippen molar-refractivity contribution < 1.29 is 17.6 Å². The van der Waals surface area contributed by atoms with Gasteiger partial charge >= 0.3 is 0 Å². The Balaban J connectivity index is 2.61. The smallest absolute Gasteiger partial charge is 0.223 e. The topological polar surface area (TPSA) is 37.8 Å². The third kappa shape index (κ3) is 2.11. The zero-order chi connectivity index (χ0) is 13.3. The minimum Gasteiger partial charge on any atom is -0.357 e. The lowest BCUT2D eigenvalue weighted by molar-refractivity contribution is 0.447. The number of nitrogens with zero attached hydrogens (tertiary/aromatic N) is 2. The van der Waals surface area contributed by atoms with Gasteiger partial charge in [-0.25, -0.2) is 27.5 Å². The van der Waals surface area contributed by atoms with Crippen LogP contribution >= 0.6 is 0 Å². The number of hydrogen-bond acceptors (Lipinski definition) is 3. The zero-order valence-electron chi connectivity index (χ0n) is 9.14. The van der Waals surface area contributed by atoms with Crippen LogP contribution in [0.5, 0.6) is 0 Å². The molecule has 94 valence electrons. The lowest BCUT2D eigenvalue weighted by atomic mass is 10.1. The highest BCUT2D eigenvalue weighted by Crippen LogP contribution is 2.24. The molecule has 1 aromatic carbocycles. The number of aromatic nitrogens is 2. The lowest BCUT2D eigenvalue weighted by Gasteiger charge is -2.06. The van der Waals surface area contributed by atoms with Crippen LogP contribution < -0.4 is 5.32 Å². The van der Waals surface area contributed by atoms with Crippen LogP contribution in [0.15, 0.2) is 18.3 Å². The Kier molecular flexibility index (Phi) is 3.14. The molecular weight excluding hydrogens is 250 g/mol. The summed E-state index contributed by atoms with van der Waals surface area (Å²) in [5.74, 6) is -5.21. The minimum absolute atomic E-state index is 0.0801. The summed E-state index contributed by atoms with van der Waals surface area (Å²) < 4.78 is 52.3. The van der Waals surface area contributed by atoms with Crippen LogP contribution in [0.3, 0.4) is 0 Å². The number of anilines is 1. The fraction of sp³-hybridized carbons (Fsp3) is 0.0909. The van der Waals surface area contributed by atoms with Gasteiger partial charge in [0.1, 0.15) is 5.69 Å². The van der Waals surface area contributed by atoms with Crippen LogP contribution in [-0.2, 0) is 0 Å². The highest BCUT2D eigenvalue weighted by Gasteiger charge is 2.15. The van der Waals surface area contributed by atoms with Crippen molar-refractivity contribution in [1.82, 2.24) is 9.97 Å². The van der Waals surface area contributed by atoms with E-state index in [0.29, 0.717) is 12.1 Å². The second kappa shape index (κ2) is 4.59. The first-order chi connectivity index (χ1) is 8.52. The predicted molar refractivity (Wildman–Crippen MR) is 56.8 cm³/mol. The van der Waals surface area contributed by atoms with Crippen LogP contribution in [0.25, 0.3) is 11.3 Å². The van der Waals surface area contributed by atoms with Crippen LogP contribution in [0.4, 0.5) is 23.5 Å². The predicted octanol–water partition coefficient (Wildman–Crippen LogP) is 2.74. The molecule has 0 unspecified atom stereocenters. The van der Waals surface area contributed by atoms with Crippen molar-refractivity contribution in [2.75, 3.05) is 12.4 Å². The van der Waals surface area contributed by atoms with E-state index in [9.17, 15) is 17.6 Å². The highest BCUT2D eigenvalue weighted by molar-refractivity contribution is 5.61. The third-order valence-corrected chi connectivity index (χ3v) is 2.22. The average molecular weight is 257 g/mol. The molecule has 0 aliphatic carbocycles. The van der Waals surface area contributed by atoms with E-state index < -0.39 is 23.3 Å². The lowest BCUT2D eigenvalue weighted by Crippen LogP contribution is -2.01. The SMILES string of the molecule is CNc1ncc(F)c(-c2cc(F)c(F)c(F)c2)n1. The molecule has 1 aromatic heterocycles. The van der Waals surface area contributed by atoms with Gasteiger partial charge in [0.2, 0.25) is 5.95 Å². The molecule has 1 heterocycles. The average Bonchev–Trinajstić information content (AvgIpc) is 2.36. The molecule has 0 bridgehead atoms. The fourth-order valence-electron chi connectivity index (χ4n) is 1.38. The summed E-state index contributed by atoms with van der Waals surface area (Å²) in [6.45, 7) is 0. The first-order valence-corrected chi connectivity index (χ1v) is 4.88. The normalized spacial score (nSPS) is 10.5. The third-order valence-electron chi connectivity index (χ3n) is 2.22. The highest BCUT2D eigenvalue weighted by atomic mass is 19.2. The standard InChI is InChI=1S/C11H7F4N3/c1-16-11-17-4-8(14)10(18-11)5-2-6(12)9(15)7(13)3-5/h2-4H,1H3,(H,16,17,18). The Labute approximate surface area is 99.5 Å². The summed E-state index contributed by atoms with van der Waals surface area (Å²) in [4.78, 5) is 7.31. The van der Waals surface area contributed by atoms with Crippen molar-refractivity contribution >= 4 is 5.95 Å². The van der Waals surface area contributed by atoms with Gasteiger partial charge in [-0.05, 0) is 12.1 Å². The van der Waals surface area contributed by atoms with Gasteiger partial charge in [-0.3, -0.25) is 0 Å². The Morgan fingerprint density at radius 3 is 2.17 bits per heavy atom. The number of nitrogens with one attached hydrogen (secondary N) is 1. The van der Waals surface area contributed by atoms with E-state index in [2.05, 4.69) is 15.3 Å². The van der Waals surface area contributed by atoms with Gasteiger partial charge in [-0.2, -0.15) is 0 Å². The molecule has 0 atom stereocenters. The van der Waals surface area contributed by atoms with Gasteiger partial charge in [-0.15, -0.1) is 0 Å². The first kappa shape index (κ1) is 12.3. The fourth-order valence-corrected chi connectivity index (χ4v) is 1.38. The molecule has 0 amide bonds. The molecular formula is C11H7F4N3. The number of rotatable bonds is 2. The number of halogens is 4. The Bertz CT molecular complexity index is 578. The Hall–Kier alpha value is -2.18. The molecule has 7 heteroatoms. The van der Waals surface area contributed by atoms with Crippen molar-refractivity contribution in [3.8, 4) is 11.3 Å². The van der Waals surface area contributed by atoms with E-state index in [4.69, 9.17) is 0 Å². The molecule has 0 saturated heterocycles.